The molecule has 0 spiro atoms. The monoisotopic (exact) mass is 290 g/mol. The summed E-state index contributed by atoms with van der Waals surface area (Å²) < 4.78 is 52.4. The van der Waals surface area contributed by atoms with E-state index in [2.05, 4.69) is 4.98 Å². The highest BCUT2D eigenvalue weighted by atomic mass is 19.4. The second-order valence-corrected chi connectivity index (χ2v) is 4.55. The van der Waals surface area contributed by atoms with E-state index in [1.165, 1.54) is 16.7 Å². The molecule has 1 aromatic carbocycles. The lowest BCUT2D eigenvalue weighted by Gasteiger charge is -2.15. The molecule has 2 aromatic rings. The number of imidazole rings is 1. The van der Waals surface area contributed by atoms with Crippen LogP contribution in [0, 0.1) is 5.82 Å². The maximum absolute atomic E-state index is 13.6. The predicted molar refractivity (Wildman–Crippen MR) is 65.7 cm³/mol. The first-order chi connectivity index (χ1) is 9.34. The third kappa shape index (κ3) is 2.77. The van der Waals surface area contributed by atoms with Crippen LogP contribution in [0.3, 0.4) is 0 Å². The number of aromatic nitrogens is 2. The maximum Gasteiger partial charge on any atom is 0.414 e. The molecule has 0 fully saturated rings. The predicted octanol–water partition coefficient (Wildman–Crippen LogP) is 3.05. The summed E-state index contributed by atoms with van der Waals surface area (Å²) in [6, 6.07) is 4.29. The highest BCUT2D eigenvalue weighted by Crippen LogP contribution is 2.25. The van der Waals surface area contributed by atoms with E-state index < -0.39 is 24.5 Å². The molecule has 1 unspecified atom stereocenters. The Morgan fingerprint density at radius 3 is 2.65 bits per heavy atom. The number of aliphatic hydroxyl groups is 1. The van der Waals surface area contributed by atoms with E-state index in [1.54, 1.807) is 6.07 Å². The molecule has 0 radical (unpaired) electrons. The van der Waals surface area contributed by atoms with Crippen LogP contribution in [0.1, 0.15) is 19.2 Å². The Balaban J connectivity index is 2.46. The fraction of sp³-hybridized carbons (Fsp3) is 0.462. The highest BCUT2D eigenvalue weighted by Gasteiger charge is 2.39. The number of para-hydroxylation sites is 1. The number of fused-ring (bicyclic) bond motifs is 1. The third-order valence-corrected chi connectivity index (χ3v) is 3.01. The highest BCUT2D eigenvalue weighted by molar-refractivity contribution is 5.76. The van der Waals surface area contributed by atoms with Crippen molar-refractivity contribution in [2.24, 2.45) is 0 Å². The number of benzene rings is 1. The molecule has 0 saturated carbocycles. The Morgan fingerprint density at radius 1 is 1.35 bits per heavy atom. The molecule has 1 N–H and O–H groups in total. The van der Waals surface area contributed by atoms with Gasteiger partial charge in [-0.2, -0.15) is 13.2 Å². The van der Waals surface area contributed by atoms with Gasteiger partial charge < -0.3 is 9.67 Å². The molecule has 0 saturated heterocycles. The van der Waals surface area contributed by atoms with Crippen molar-refractivity contribution in [3.05, 3.63) is 29.8 Å². The summed E-state index contributed by atoms with van der Waals surface area (Å²) in [5.74, 6) is -0.545. The summed E-state index contributed by atoms with van der Waals surface area (Å²) in [6.07, 6.45) is -7.24. The van der Waals surface area contributed by atoms with Gasteiger partial charge in [-0.15, -0.1) is 0 Å². The Bertz CT molecular complexity index is 606. The number of aryl methyl sites for hydroxylation is 1. The first-order valence-corrected chi connectivity index (χ1v) is 6.23. The Hall–Kier alpha value is -1.63. The molecule has 1 heterocycles. The first kappa shape index (κ1) is 14.8. The minimum absolute atomic E-state index is 0.0327. The van der Waals surface area contributed by atoms with Gasteiger partial charge in [0, 0.05) is 13.0 Å². The van der Waals surface area contributed by atoms with Gasteiger partial charge in [-0.05, 0) is 18.6 Å². The fourth-order valence-electron chi connectivity index (χ4n) is 2.08. The van der Waals surface area contributed by atoms with E-state index in [1.807, 2.05) is 6.92 Å². The van der Waals surface area contributed by atoms with Crippen LogP contribution in [0.15, 0.2) is 18.2 Å². The van der Waals surface area contributed by atoms with Crippen LogP contribution < -0.4 is 0 Å². The van der Waals surface area contributed by atoms with Crippen LogP contribution in [0.25, 0.3) is 11.0 Å². The lowest BCUT2D eigenvalue weighted by Crippen LogP contribution is -2.31. The van der Waals surface area contributed by atoms with Crippen LogP contribution >= 0.6 is 0 Å². The summed E-state index contributed by atoms with van der Waals surface area (Å²) in [6.45, 7) is 2.27. The van der Waals surface area contributed by atoms with Gasteiger partial charge >= 0.3 is 6.18 Å². The van der Waals surface area contributed by atoms with Gasteiger partial charge in [0.15, 0.2) is 11.9 Å². The topological polar surface area (TPSA) is 38.0 Å². The molecule has 3 nitrogen and oxygen atoms in total. The average Bonchev–Trinajstić information content (AvgIpc) is 2.69. The number of hydrogen-bond acceptors (Lipinski definition) is 2. The molecule has 0 aliphatic heterocycles. The lowest BCUT2D eigenvalue weighted by atomic mass is 10.2. The van der Waals surface area contributed by atoms with Crippen molar-refractivity contribution in [2.45, 2.75) is 38.6 Å². The van der Waals surface area contributed by atoms with Crippen LogP contribution in [0.4, 0.5) is 17.6 Å². The van der Waals surface area contributed by atoms with Gasteiger partial charge in [0.2, 0.25) is 0 Å². The van der Waals surface area contributed by atoms with Gasteiger partial charge in [0.25, 0.3) is 0 Å². The fourth-order valence-corrected chi connectivity index (χ4v) is 2.08. The van der Waals surface area contributed by atoms with E-state index in [9.17, 15) is 17.6 Å². The van der Waals surface area contributed by atoms with Gasteiger partial charge in [-0.3, -0.25) is 0 Å². The maximum atomic E-state index is 13.6. The summed E-state index contributed by atoms with van der Waals surface area (Å²) in [4.78, 5) is 3.91. The molecule has 1 aromatic heterocycles. The second kappa shape index (κ2) is 5.40. The molecular formula is C13H14F4N2O. The SMILES string of the molecule is CCCn1c(CC(O)C(F)(F)F)nc2c(F)cccc21. The van der Waals surface area contributed by atoms with E-state index in [4.69, 9.17) is 5.11 Å². The number of rotatable bonds is 4. The van der Waals surface area contributed by atoms with Crippen LogP contribution in [0.5, 0.6) is 0 Å². The molecule has 0 bridgehead atoms. The smallest absolute Gasteiger partial charge is 0.383 e. The van der Waals surface area contributed by atoms with Crippen molar-refractivity contribution in [1.29, 1.82) is 0 Å². The normalized spacial score (nSPS) is 13.9. The zero-order chi connectivity index (χ0) is 14.9. The van der Waals surface area contributed by atoms with Gasteiger partial charge in [0.05, 0.1) is 5.52 Å². The Labute approximate surface area is 112 Å². The average molecular weight is 290 g/mol. The van der Waals surface area contributed by atoms with Crippen molar-refractivity contribution in [2.75, 3.05) is 0 Å². The lowest BCUT2D eigenvalue weighted by molar-refractivity contribution is -0.203. The minimum Gasteiger partial charge on any atom is -0.383 e. The van der Waals surface area contributed by atoms with Crippen molar-refractivity contribution in [3.63, 3.8) is 0 Å². The van der Waals surface area contributed by atoms with Crippen LogP contribution in [-0.4, -0.2) is 26.9 Å². The molecule has 1 atom stereocenters. The zero-order valence-corrected chi connectivity index (χ0v) is 10.8. The molecular weight excluding hydrogens is 276 g/mol. The summed E-state index contributed by atoms with van der Waals surface area (Å²) in [7, 11) is 0. The molecule has 110 valence electrons. The number of halogens is 4. The number of hydrogen-bond donors (Lipinski definition) is 1. The summed E-state index contributed by atoms with van der Waals surface area (Å²) in [5, 5.41) is 9.15. The van der Waals surface area contributed by atoms with Crippen LogP contribution in [0.2, 0.25) is 0 Å². The standard InChI is InChI=1S/C13H14F4N2O/c1-2-6-19-9-5-3-4-8(14)12(9)18-11(19)7-10(20)13(15,16)17/h3-5,10,20H,2,6-7H2,1H3. The largest absolute Gasteiger partial charge is 0.414 e. The van der Waals surface area contributed by atoms with Crippen molar-refractivity contribution in [1.82, 2.24) is 9.55 Å². The molecule has 0 aliphatic carbocycles. The number of nitrogens with zero attached hydrogens (tertiary/aromatic N) is 2. The van der Waals surface area contributed by atoms with Crippen molar-refractivity contribution in [3.8, 4) is 0 Å². The summed E-state index contributed by atoms with van der Waals surface area (Å²) >= 11 is 0. The molecule has 0 aliphatic rings. The first-order valence-electron chi connectivity index (χ1n) is 6.23. The molecule has 20 heavy (non-hydrogen) atoms. The van der Waals surface area contributed by atoms with Crippen molar-refractivity contribution < 1.29 is 22.7 Å². The molecule has 0 amide bonds. The van der Waals surface area contributed by atoms with E-state index >= 15 is 0 Å². The number of aliphatic hydroxyl groups excluding tert-OH is 1. The Kier molecular flexibility index (Phi) is 3.99. The van der Waals surface area contributed by atoms with Gasteiger partial charge in [-0.1, -0.05) is 13.0 Å². The van der Waals surface area contributed by atoms with Crippen LogP contribution in [-0.2, 0) is 13.0 Å². The van der Waals surface area contributed by atoms with E-state index in [-0.39, 0.29) is 11.3 Å². The molecule has 7 heteroatoms. The van der Waals surface area contributed by atoms with Gasteiger partial charge in [-0.25, -0.2) is 9.37 Å². The van der Waals surface area contributed by atoms with E-state index in [0.717, 1.165) is 0 Å². The molecule has 2 rings (SSSR count). The van der Waals surface area contributed by atoms with Crippen molar-refractivity contribution >= 4 is 11.0 Å². The van der Waals surface area contributed by atoms with E-state index in [0.29, 0.717) is 18.5 Å². The Morgan fingerprint density at radius 2 is 2.05 bits per heavy atom. The second-order valence-electron chi connectivity index (χ2n) is 4.55. The third-order valence-electron chi connectivity index (χ3n) is 3.01. The summed E-state index contributed by atoms with van der Waals surface area (Å²) in [5.41, 5.74) is 0.474. The minimum atomic E-state index is -4.71. The van der Waals surface area contributed by atoms with Gasteiger partial charge in [0.1, 0.15) is 11.3 Å². The zero-order valence-electron chi connectivity index (χ0n) is 10.8. The quantitative estimate of drug-likeness (QED) is 0.879. The number of alkyl halides is 3.